The van der Waals surface area contributed by atoms with E-state index < -0.39 is 11.9 Å². The van der Waals surface area contributed by atoms with Crippen LogP contribution in [0.2, 0.25) is 0 Å². The smallest absolute Gasteiger partial charge is 0.191 e. The summed E-state index contributed by atoms with van der Waals surface area (Å²) in [5.74, 6) is 0. The Kier molecular flexibility index (Phi) is 6.32. The van der Waals surface area contributed by atoms with Gasteiger partial charge in [-0.15, -0.1) is 0 Å². The molecule has 0 aromatic heterocycles. The van der Waals surface area contributed by atoms with E-state index >= 15 is 0 Å². The van der Waals surface area contributed by atoms with Gasteiger partial charge in [0.15, 0.2) is 13.1 Å². The molecule has 17 heavy (non-hydrogen) atoms. The maximum Gasteiger partial charge on any atom is 0.191 e. The van der Waals surface area contributed by atoms with Gasteiger partial charge in [-0.25, -0.2) is 5.11 Å². The summed E-state index contributed by atoms with van der Waals surface area (Å²) in [4.78, 5) is 5.41. The first-order chi connectivity index (χ1) is 8.04. The fourth-order valence-electron chi connectivity index (χ4n) is 1.54. The fraction of sp³-hybridized carbons (Fsp3) is 1.00. The molecule has 1 aliphatic heterocycles. The van der Waals surface area contributed by atoms with Crippen molar-refractivity contribution >= 4 is 0 Å². The Balaban J connectivity index is 2.21. The zero-order valence-corrected chi connectivity index (χ0v) is 10.9. The zero-order chi connectivity index (χ0) is 12.7. The highest BCUT2D eigenvalue weighted by Gasteiger charge is 2.30. The van der Waals surface area contributed by atoms with Gasteiger partial charge >= 0.3 is 0 Å². The molecule has 1 rings (SSSR count). The molecule has 1 saturated heterocycles. The van der Waals surface area contributed by atoms with Gasteiger partial charge in [0.25, 0.3) is 0 Å². The van der Waals surface area contributed by atoms with E-state index in [0.717, 1.165) is 26.2 Å². The van der Waals surface area contributed by atoms with Gasteiger partial charge in [0.2, 0.25) is 0 Å². The molecule has 1 unspecified atom stereocenters. The number of nitrogens with zero attached hydrogens (tertiary/aromatic N) is 1. The molecule has 0 bridgehead atoms. The van der Waals surface area contributed by atoms with Crippen molar-refractivity contribution in [3.8, 4) is 0 Å². The molecule has 0 aliphatic carbocycles. The van der Waals surface area contributed by atoms with E-state index in [9.17, 15) is 5.11 Å². The minimum absolute atomic E-state index is 0.0519. The van der Waals surface area contributed by atoms with Crippen LogP contribution in [0, 0.1) is 0 Å². The Morgan fingerprint density at radius 1 is 1.29 bits per heavy atom. The fourth-order valence-corrected chi connectivity index (χ4v) is 1.54. The average Bonchev–Trinajstić information content (AvgIpc) is 2.28. The molecule has 1 atom stereocenters. The minimum Gasteiger partial charge on any atom is -0.350 e. The quantitative estimate of drug-likeness (QED) is 0.659. The van der Waals surface area contributed by atoms with Gasteiger partial charge in [0, 0.05) is 32.8 Å². The molecule has 0 aromatic carbocycles. The van der Waals surface area contributed by atoms with Gasteiger partial charge in [0.05, 0.1) is 0 Å². The maximum absolute atomic E-state index is 11.7. The molecule has 1 heterocycles. The summed E-state index contributed by atoms with van der Waals surface area (Å²) in [6.45, 7) is 8.87. The van der Waals surface area contributed by atoms with Gasteiger partial charge in [-0.3, -0.25) is 4.84 Å². The molecular weight excluding hydrogens is 224 g/mol. The molecule has 1 fully saturated rings. The third kappa shape index (κ3) is 5.76. The van der Waals surface area contributed by atoms with Crippen molar-refractivity contribution in [3.63, 3.8) is 0 Å². The van der Waals surface area contributed by atoms with Crippen molar-refractivity contribution < 1.29 is 19.4 Å². The van der Waals surface area contributed by atoms with Crippen molar-refractivity contribution in [2.45, 2.75) is 32.7 Å². The Labute approximate surface area is 103 Å². The zero-order valence-electron chi connectivity index (χ0n) is 10.9. The monoisotopic (exact) mass is 247 g/mol. The first kappa shape index (κ1) is 14.8. The van der Waals surface area contributed by atoms with E-state index in [2.05, 4.69) is 5.32 Å². The van der Waals surface area contributed by atoms with E-state index in [1.807, 2.05) is 12.0 Å². The summed E-state index contributed by atoms with van der Waals surface area (Å²) in [5.41, 5.74) is -1.29. The van der Waals surface area contributed by atoms with Crippen LogP contribution in [-0.4, -0.2) is 56.5 Å². The first-order valence-electron chi connectivity index (χ1n) is 6.06. The predicted octanol–water partition coefficient (Wildman–Crippen LogP) is 0.369. The third-order valence-corrected chi connectivity index (χ3v) is 2.42. The van der Waals surface area contributed by atoms with Crippen LogP contribution in [0.4, 0.5) is 0 Å². The summed E-state index contributed by atoms with van der Waals surface area (Å²) in [7, 11) is 0. The largest absolute Gasteiger partial charge is 0.350 e. The van der Waals surface area contributed by atoms with Crippen LogP contribution < -0.4 is 5.32 Å². The van der Waals surface area contributed by atoms with E-state index in [-0.39, 0.29) is 6.79 Å². The first-order valence-corrected chi connectivity index (χ1v) is 6.06. The lowest BCUT2D eigenvalue weighted by molar-refractivity contribution is -0.309. The molecule has 1 N–H and O–H groups in total. The van der Waals surface area contributed by atoms with E-state index in [1.54, 1.807) is 0 Å². The lowest BCUT2D eigenvalue weighted by Gasteiger charge is -2.29. The summed E-state index contributed by atoms with van der Waals surface area (Å²) in [5, 5.41) is 16.8. The summed E-state index contributed by atoms with van der Waals surface area (Å²) < 4.78 is 10.6. The van der Waals surface area contributed by atoms with Crippen molar-refractivity contribution in [1.82, 2.24) is 10.4 Å². The number of hydroxylamine groups is 2. The Bertz CT molecular complexity index is 202. The van der Waals surface area contributed by atoms with E-state index in [1.165, 1.54) is 13.8 Å². The van der Waals surface area contributed by atoms with Crippen LogP contribution in [0.15, 0.2) is 0 Å². The molecular formula is C11H23N2O4. The SMILES string of the molecule is CCOC(OCON1CCNCC1)C(C)(C)[O]. The molecule has 0 saturated carbocycles. The number of rotatable bonds is 7. The van der Waals surface area contributed by atoms with Gasteiger partial charge in [0.1, 0.15) is 5.60 Å². The molecule has 0 spiro atoms. The van der Waals surface area contributed by atoms with Gasteiger partial charge in [-0.2, -0.15) is 5.06 Å². The number of nitrogens with one attached hydrogen (secondary N) is 1. The van der Waals surface area contributed by atoms with Crippen molar-refractivity contribution in [1.29, 1.82) is 0 Å². The van der Waals surface area contributed by atoms with E-state index in [0.29, 0.717) is 6.61 Å². The predicted molar refractivity (Wildman–Crippen MR) is 61.7 cm³/mol. The molecule has 1 radical (unpaired) electrons. The van der Waals surface area contributed by atoms with Crippen molar-refractivity contribution in [2.75, 3.05) is 39.6 Å². The summed E-state index contributed by atoms with van der Waals surface area (Å²) >= 11 is 0. The highest BCUT2D eigenvalue weighted by Crippen LogP contribution is 2.15. The second-order valence-corrected chi connectivity index (χ2v) is 4.48. The third-order valence-electron chi connectivity index (χ3n) is 2.42. The lowest BCUT2D eigenvalue weighted by Crippen LogP contribution is -2.45. The Hall–Kier alpha value is -0.240. The minimum atomic E-state index is -1.29. The van der Waals surface area contributed by atoms with Crippen LogP contribution in [0.1, 0.15) is 20.8 Å². The molecule has 101 valence electrons. The topological polar surface area (TPSA) is 62.9 Å². The molecule has 0 amide bonds. The van der Waals surface area contributed by atoms with Crippen LogP contribution in [0.3, 0.4) is 0 Å². The van der Waals surface area contributed by atoms with E-state index in [4.69, 9.17) is 14.3 Å². The van der Waals surface area contributed by atoms with Crippen molar-refractivity contribution in [2.24, 2.45) is 0 Å². The molecule has 0 aromatic rings. The van der Waals surface area contributed by atoms with Crippen LogP contribution in [-0.2, 0) is 19.4 Å². The second kappa shape index (κ2) is 7.25. The normalized spacial score (nSPS) is 20.5. The number of ether oxygens (including phenoxy) is 2. The lowest BCUT2D eigenvalue weighted by atomic mass is 10.1. The second-order valence-electron chi connectivity index (χ2n) is 4.48. The molecule has 6 heteroatoms. The van der Waals surface area contributed by atoms with Gasteiger partial charge in [-0.05, 0) is 20.8 Å². The molecule has 1 aliphatic rings. The van der Waals surface area contributed by atoms with Gasteiger partial charge < -0.3 is 14.8 Å². The number of hydrogen-bond acceptors (Lipinski definition) is 5. The van der Waals surface area contributed by atoms with Crippen molar-refractivity contribution in [3.05, 3.63) is 0 Å². The summed E-state index contributed by atoms with van der Waals surface area (Å²) in [6.07, 6.45) is -0.782. The number of hydrogen-bond donors (Lipinski definition) is 1. The Morgan fingerprint density at radius 3 is 2.47 bits per heavy atom. The average molecular weight is 247 g/mol. The Morgan fingerprint density at radius 2 is 1.94 bits per heavy atom. The number of piperazine rings is 1. The van der Waals surface area contributed by atoms with Crippen LogP contribution in [0.25, 0.3) is 0 Å². The van der Waals surface area contributed by atoms with Crippen LogP contribution >= 0.6 is 0 Å². The highest BCUT2D eigenvalue weighted by atomic mass is 16.8. The van der Waals surface area contributed by atoms with Gasteiger partial charge in [-0.1, -0.05) is 0 Å². The molecule has 6 nitrogen and oxygen atoms in total. The standard InChI is InChI=1S/C11H23N2O4/c1-4-15-10(11(2,3)14)16-9-17-13-7-5-12-6-8-13/h10,12H,4-9H2,1-3H3. The summed E-state index contributed by atoms with van der Waals surface area (Å²) in [6, 6.07) is 0. The van der Waals surface area contributed by atoms with Crippen LogP contribution in [0.5, 0.6) is 0 Å². The highest BCUT2D eigenvalue weighted by molar-refractivity contribution is 4.69. The maximum atomic E-state index is 11.7.